The van der Waals surface area contributed by atoms with Crippen molar-refractivity contribution in [3.8, 4) is 6.07 Å². The molecule has 0 aliphatic carbocycles. The monoisotopic (exact) mass is 139 g/mol. The van der Waals surface area contributed by atoms with Crippen LogP contribution in [0, 0.1) is 22.7 Å². The first-order chi connectivity index (χ1) is 4.87. The standard InChI is InChI=1S/C7H9NO2/c8-3-7(4-10-5-7)6-1-9-2-6/h6H,1-2,4-5H2. The van der Waals surface area contributed by atoms with Crippen LogP contribution < -0.4 is 0 Å². The molecule has 0 unspecified atom stereocenters. The van der Waals surface area contributed by atoms with Gasteiger partial charge in [-0.2, -0.15) is 5.26 Å². The van der Waals surface area contributed by atoms with E-state index in [-0.39, 0.29) is 5.41 Å². The normalized spacial score (nSPS) is 29.9. The molecule has 0 bridgehead atoms. The zero-order valence-corrected chi connectivity index (χ0v) is 5.67. The Balaban J connectivity index is 2.05. The fraction of sp³-hybridized carbons (Fsp3) is 0.857. The van der Waals surface area contributed by atoms with Crippen molar-refractivity contribution in [1.82, 2.24) is 0 Å². The summed E-state index contributed by atoms with van der Waals surface area (Å²) in [5.41, 5.74) is -0.182. The number of hydrogen-bond acceptors (Lipinski definition) is 3. The minimum atomic E-state index is -0.182. The average molecular weight is 139 g/mol. The smallest absolute Gasteiger partial charge is 0.111 e. The van der Waals surface area contributed by atoms with Crippen molar-refractivity contribution in [3.05, 3.63) is 0 Å². The lowest BCUT2D eigenvalue weighted by molar-refractivity contribution is -0.180. The van der Waals surface area contributed by atoms with Gasteiger partial charge in [0.25, 0.3) is 0 Å². The molecule has 3 nitrogen and oxygen atoms in total. The van der Waals surface area contributed by atoms with Crippen LogP contribution in [0.4, 0.5) is 0 Å². The fourth-order valence-electron chi connectivity index (χ4n) is 1.27. The van der Waals surface area contributed by atoms with Gasteiger partial charge in [-0.25, -0.2) is 0 Å². The molecule has 0 saturated carbocycles. The highest BCUT2D eigenvalue weighted by Gasteiger charge is 2.49. The maximum absolute atomic E-state index is 8.79. The molecular weight excluding hydrogens is 130 g/mol. The van der Waals surface area contributed by atoms with Gasteiger partial charge in [0.05, 0.1) is 32.5 Å². The molecule has 2 aliphatic rings. The van der Waals surface area contributed by atoms with Crippen molar-refractivity contribution in [2.45, 2.75) is 0 Å². The summed E-state index contributed by atoms with van der Waals surface area (Å²) in [7, 11) is 0. The van der Waals surface area contributed by atoms with Crippen molar-refractivity contribution in [2.24, 2.45) is 11.3 Å². The van der Waals surface area contributed by atoms with Crippen LogP contribution >= 0.6 is 0 Å². The third-order valence-corrected chi connectivity index (χ3v) is 2.36. The van der Waals surface area contributed by atoms with Crippen molar-refractivity contribution < 1.29 is 9.47 Å². The van der Waals surface area contributed by atoms with Gasteiger partial charge in [-0.15, -0.1) is 0 Å². The quantitative estimate of drug-likeness (QED) is 0.520. The third kappa shape index (κ3) is 0.606. The van der Waals surface area contributed by atoms with E-state index in [1.807, 2.05) is 0 Å². The zero-order valence-electron chi connectivity index (χ0n) is 5.67. The maximum atomic E-state index is 8.79. The molecular formula is C7H9NO2. The summed E-state index contributed by atoms with van der Waals surface area (Å²) in [6.07, 6.45) is 0. The molecule has 2 heterocycles. The van der Waals surface area contributed by atoms with Crippen LogP contribution in [0.25, 0.3) is 0 Å². The van der Waals surface area contributed by atoms with Crippen LogP contribution in [0.15, 0.2) is 0 Å². The molecule has 2 saturated heterocycles. The number of hydrogen-bond donors (Lipinski definition) is 0. The molecule has 2 fully saturated rings. The van der Waals surface area contributed by atoms with Crippen molar-refractivity contribution in [3.63, 3.8) is 0 Å². The first-order valence-corrected chi connectivity index (χ1v) is 3.44. The molecule has 0 amide bonds. The first-order valence-electron chi connectivity index (χ1n) is 3.44. The average Bonchev–Trinajstić information content (AvgIpc) is 1.73. The summed E-state index contributed by atoms with van der Waals surface area (Å²) in [5, 5.41) is 8.79. The van der Waals surface area contributed by atoms with Gasteiger partial charge in [0.2, 0.25) is 0 Å². The Bertz CT molecular complexity index is 177. The lowest BCUT2D eigenvalue weighted by Crippen LogP contribution is -2.54. The largest absolute Gasteiger partial charge is 0.381 e. The summed E-state index contributed by atoms with van der Waals surface area (Å²) in [6.45, 7) is 2.71. The topological polar surface area (TPSA) is 42.2 Å². The summed E-state index contributed by atoms with van der Waals surface area (Å²) >= 11 is 0. The highest BCUT2D eigenvalue weighted by Crippen LogP contribution is 2.39. The summed E-state index contributed by atoms with van der Waals surface area (Å²) in [6, 6.07) is 2.31. The highest BCUT2D eigenvalue weighted by molar-refractivity contribution is 5.09. The van der Waals surface area contributed by atoms with Gasteiger partial charge in [-0.3, -0.25) is 0 Å². The molecule has 2 rings (SSSR count). The molecule has 0 radical (unpaired) electrons. The van der Waals surface area contributed by atoms with E-state index in [0.29, 0.717) is 19.1 Å². The van der Waals surface area contributed by atoms with Crippen molar-refractivity contribution in [1.29, 1.82) is 5.26 Å². The second-order valence-corrected chi connectivity index (χ2v) is 3.00. The van der Waals surface area contributed by atoms with Crippen molar-refractivity contribution in [2.75, 3.05) is 26.4 Å². The van der Waals surface area contributed by atoms with E-state index < -0.39 is 0 Å². The predicted octanol–water partition coefficient (Wildman–Crippen LogP) is 0.173. The van der Waals surface area contributed by atoms with E-state index >= 15 is 0 Å². The minimum absolute atomic E-state index is 0.182. The Hall–Kier alpha value is -0.590. The van der Waals surface area contributed by atoms with Crippen LogP contribution in [0.2, 0.25) is 0 Å². The van der Waals surface area contributed by atoms with E-state index in [1.54, 1.807) is 0 Å². The second kappa shape index (κ2) is 1.94. The molecule has 3 heteroatoms. The van der Waals surface area contributed by atoms with Gasteiger partial charge in [-0.1, -0.05) is 0 Å². The number of rotatable bonds is 1. The Morgan fingerprint density at radius 3 is 2.10 bits per heavy atom. The van der Waals surface area contributed by atoms with Crippen LogP contribution in [-0.4, -0.2) is 26.4 Å². The zero-order chi connectivity index (χ0) is 7.03. The van der Waals surface area contributed by atoms with Gasteiger partial charge in [-0.05, 0) is 0 Å². The molecule has 0 N–H and O–H groups in total. The van der Waals surface area contributed by atoms with Crippen LogP contribution in [0.1, 0.15) is 0 Å². The van der Waals surface area contributed by atoms with E-state index in [2.05, 4.69) is 6.07 Å². The third-order valence-electron chi connectivity index (χ3n) is 2.36. The Morgan fingerprint density at radius 1 is 1.30 bits per heavy atom. The molecule has 0 spiro atoms. The van der Waals surface area contributed by atoms with Gasteiger partial charge < -0.3 is 9.47 Å². The maximum Gasteiger partial charge on any atom is 0.111 e. The lowest BCUT2D eigenvalue weighted by atomic mass is 9.74. The van der Waals surface area contributed by atoms with Crippen LogP contribution in [0.5, 0.6) is 0 Å². The molecule has 0 aromatic heterocycles. The molecule has 0 atom stereocenters. The molecule has 2 aliphatic heterocycles. The lowest BCUT2D eigenvalue weighted by Gasteiger charge is -2.45. The van der Waals surface area contributed by atoms with E-state index in [1.165, 1.54) is 0 Å². The molecule has 0 aromatic carbocycles. The van der Waals surface area contributed by atoms with Crippen LogP contribution in [0.3, 0.4) is 0 Å². The Labute approximate surface area is 59.5 Å². The van der Waals surface area contributed by atoms with Gasteiger partial charge in [0, 0.05) is 5.92 Å². The predicted molar refractivity (Wildman–Crippen MR) is 33.2 cm³/mol. The molecule has 10 heavy (non-hydrogen) atoms. The van der Waals surface area contributed by atoms with Gasteiger partial charge in [0.1, 0.15) is 5.41 Å². The highest BCUT2D eigenvalue weighted by atomic mass is 16.5. The second-order valence-electron chi connectivity index (χ2n) is 3.00. The number of nitriles is 1. The summed E-state index contributed by atoms with van der Waals surface area (Å²) in [5.74, 6) is 0.436. The molecule has 54 valence electrons. The van der Waals surface area contributed by atoms with E-state index in [9.17, 15) is 0 Å². The number of ether oxygens (including phenoxy) is 2. The molecule has 0 aromatic rings. The Kier molecular flexibility index (Phi) is 1.19. The van der Waals surface area contributed by atoms with Gasteiger partial charge >= 0.3 is 0 Å². The number of nitrogens with zero attached hydrogens (tertiary/aromatic N) is 1. The van der Waals surface area contributed by atoms with Crippen molar-refractivity contribution >= 4 is 0 Å². The van der Waals surface area contributed by atoms with Crippen LogP contribution in [-0.2, 0) is 9.47 Å². The van der Waals surface area contributed by atoms with Gasteiger partial charge in [0.15, 0.2) is 0 Å². The summed E-state index contributed by atoms with van der Waals surface area (Å²) < 4.78 is 10.0. The van der Waals surface area contributed by atoms with E-state index in [0.717, 1.165) is 13.2 Å². The van der Waals surface area contributed by atoms with E-state index in [4.69, 9.17) is 14.7 Å². The Morgan fingerprint density at radius 2 is 2.00 bits per heavy atom. The minimum Gasteiger partial charge on any atom is -0.381 e. The summed E-state index contributed by atoms with van der Waals surface area (Å²) in [4.78, 5) is 0. The SMILES string of the molecule is N#CC1(C2COC2)COC1. The fourth-order valence-corrected chi connectivity index (χ4v) is 1.27. The first kappa shape index (κ1) is 6.14.